The summed E-state index contributed by atoms with van der Waals surface area (Å²) in [7, 11) is 0. The number of hydrogen-bond acceptors (Lipinski definition) is 11. The molecule has 4 amide bonds. The van der Waals surface area contributed by atoms with Crippen LogP contribution in [0, 0.1) is 5.92 Å². The molecule has 0 radical (unpaired) electrons. The molecule has 1 aliphatic rings. The van der Waals surface area contributed by atoms with Crippen LogP contribution in [0.4, 0.5) is 0 Å². The summed E-state index contributed by atoms with van der Waals surface area (Å²) in [6.45, 7) is 11.9. The van der Waals surface area contributed by atoms with Crippen molar-refractivity contribution in [1.29, 1.82) is 0 Å². The van der Waals surface area contributed by atoms with E-state index >= 15 is 0 Å². The maximum atomic E-state index is 14.3. The van der Waals surface area contributed by atoms with E-state index in [0.717, 1.165) is 17.5 Å². The van der Waals surface area contributed by atoms with Gasteiger partial charge in [0.25, 0.3) is 0 Å². The number of amides is 4. The lowest BCUT2D eigenvalue weighted by molar-refractivity contribution is -0.135. The maximum Gasteiger partial charge on any atom is 0.308 e. The maximum absolute atomic E-state index is 14.3. The Morgan fingerprint density at radius 3 is 2.02 bits per heavy atom. The van der Waals surface area contributed by atoms with E-state index in [-0.39, 0.29) is 62.0 Å². The number of carbonyl (C=O) groups is 7. The predicted molar refractivity (Wildman–Crippen MR) is 237 cm³/mol. The van der Waals surface area contributed by atoms with Crippen molar-refractivity contribution in [1.82, 2.24) is 26.2 Å². The second-order valence-corrected chi connectivity index (χ2v) is 16.6. The number of aryl methyl sites for hydroxylation is 1. The average Bonchev–Trinajstić information content (AvgIpc) is 4.01. The van der Waals surface area contributed by atoms with E-state index < -0.39 is 59.4 Å². The lowest BCUT2D eigenvalue weighted by Gasteiger charge is -2.28. The van der Waals surface area contributed by atoms with Crippen LogP contribution in [0.2, 0.25) is 0 Å². The molecule has 1 aliphatic heterocycles. The normalized spacial score (nSPS) is 16.3. The Balaban J connectivity index is 1.54. The summed E-state index contributed by atoms with van der Waals surface area (Å²) in [5, 5.41) is 11.4. The highest BCUT2D eigenvalue weighted by atomic mass is 16.6. The van der Waals surface area contributed by atoms with Crippen LogP contribution in [0.5, 0.6) is 5.75 Å². The molecule has 0 unspecified atom stereocenters. The summed E-state index contributed by atoms with van der Waals surface area (Å²) in [5.74, 6) is -2.94. The van der Waals surface area contributed by atoms with E-state index in [1.165, 1.54) is 13.0 Å². The number of Topliss-reactive ketones (excluding diaryl/α,β-unsaturated/α-hetero) is 1. The van der Waals surface area contributed by atoms with Gasteiger partial charge in [-0.25, -0.2) is 0 Å². The minimum atomic E-state index is -1.09. The summed E-state index contributed by atoms with van der Waals surface area (Å²) >= 11 is 0. The molecule has 5 atom stereocenters. The molecular weight excluding hydrogens is 807 g/mol. The van der Waals surface area contributed by atoms with Crippen LogP contribution in [0.25, 0.3) is 0 Å². The van der Waals surface area contributed by atoms with Crippen molar-refractivity contribution < 1.29 is 47.8 Å². The number of hydrogen-bond donors (Lipinski definition) is 4. The third kappa shape index (κ3) is 16.8. The first-order chi connectivity index (χ1) is 30.1. The van der Waals surface area contributed by atoms with Gasteiger partial charge >= 0.3 is 5.97 Å². The fourth-order valence-corrected chi connectivity index (χ4v) is 7.01. The van der Waals surface area contributed by atoms with Crippen molar-refractivity contribution in [3.8, 4) is 5.75 Å². The molecule has 0 aromatic heterocycles. The number of esters is 1. The molecule has 340 valence electrons. The number of ketones is 1. The largest absolute Gasteiger partial charge is 0.426 e. The molecule has 1 heterocycles. The van der Waals surface area contributed by atoms with Crippen molar-refractivity contribution >= 4 is 41.7 Å². The molecule has 4 rings (SSSR count). The van der Waals surface area contributed by atoms with Gasteiger partial charge in [0, 0.05) is 33.0 Å². The van der Waals surface area contributed by atoms with Gasteiger partial charge < -0.3 is 35.5 Å². The Hall–Kier alpha value is -5.77. The zero-order chi connectivity index (χ0) is 45.9. The van der Waals surface area contributed by atoms with E-state index in [4.69, 9.17) is 14.2 Å². The van der Waals surface area contributed by atoms with Gasteiger partial charge in [-0.2, -0.15) is 0 Å². The smallest absolute Gasteiger partial charge is 0.308 e. The van der Waals surface area contributed by atoms with Gasteiger partial charge in [-0.3, -0.25) is 38.5 Å². The van der Waals surface area contributed by atoms with Gasteiger partial charge in [-0.1, -0.05) is 87.5 Å². The molecule has 4 N–H and O–H groups in total. The Kier molecular flexibility index (Phi) is 19.6. The van der Waals surface area contributed by atoms with Crippen LogP contribution in [-0.2, 0) is 57.6 Å². The molecule has 0 bridgehead atoms. The van der Waals surface area contributed by atoms with Crippen molar-refractivity contribution in [2.75, 3.05) is 32.9 Å². The third-order valence-corrected chi connectivity index (χ3v) is 10.5. The number of nitrogens with one attached hydrogen (secondary N) is 4. The van der Waals surface area contributed by atoms with Gasteiger partial charge in [-0.05, 0) is 74.3 Å². The Morgan fingerprint density at radius 2 is 1.41 bits per heavy atom. The van der Waals surface area contributed by atoms with Gasteiger partial charge in [0.1, 0.15) is 29.5 Å². The quantitative estimate of drug-likeness (QED) is 0.0285. The summed E-state index contributed by atoms with van der Waals surface area (Å²) < 4.78 is 16.2. The highest BCUT2D eigenvalue weighted by molar-refractivity contribution is 5.98. The molecule has 1 saturated heterocycles. The van der Waals surface area contributed by atoms with Crippen LogP contribution in [0.1, 0.15) is 87.9 Å². The lowest BCUT2D eigenvalue weighted by Crippen LogP contribution is -2.59. The molecular formula is C48H63N5O10. The molecule has 63 heavy (non-hydrogen) atoms. The van der Waals surface area contributed by atoms with Crippen molar-refractivity contribution in [2.45, 2.75) is 110 Å². The molecule has 0 saturated carbocycles. The number of epoxide rings is 1. The zero-order valence-corrected chi connectivity index (χ0v) is 37.3. The number of nitrogens with zero attached hydrogens (tertiary/aromatic N) is 1. The summed E-state index contributed by atoms with van der Waals surface area (Å²) in [4.78, 5) is 94.3. The van der Waals surface area contributed by atoms with Gasteiger partial charge in [0.15, 0.2) is 12.1 Å². The molecule has 3 aromatic rings. The van der Waals surface area contributed by atoms with E-state index in [1.54, 1.807) is 26.0 Å². The predicted octanol–water partition coefficient (Wildman–Crippen LogP) is 3.89. The topological polar surface area (TPSA) is 202 Å². The first-order valence-corrected chi connectivity index (χ1v) is 21.6. The Bertz CT molecular complexity index is 2010. The second-order valence-electron chi connectivity index (χ2n) is 16.6. The third-order valence-electron chi connectivity index (χ3n) is 10.5. The van der Waals surface area contributed by atoms with Crippen LogP contribution < -0.4 is 26.0 Å². The molecule has 1 fully saturated rings. The fourth-order valence-electron chi connectivity index (χ4n) is 7.01. The first kappa shape index (κ1) is 49.9. The van der Waals surface area contributed by atoms with Crippen molar-refractivity contribution in [3.05, 3.63) is 101 Å². The minimum Gasteiger partial charge on any atom is -0.426 e. The highest BCUT2D eigenvalue weighted by Crippen LogP contribution is 2.28. The van der Waals surface area contributed by atoms with Gasteiger partial charge in [-0.15, -0.1) is 0 Å². The first-order valence-electron chi connectivity index (χ1n) is 21.6. The van der Waals surface area contributed by atoms with Gasteiger partial charge in [0.05, 0.1) is 31.4 Å². The lowest BCUT2D eigenvalue weighted by atomic mass is 9.99. The van der Waals surface area contributed by atoms with E-state index in [0.29, 0.717) is 38.0 Å². The van der Waals surface area contributed by atoms with E-state index in [9.17, 15) is 33.6 Å². The molecule has 3 aromatic carbocycles. The molecule has 0 spiro atoms. The number of aldehydes is 1. The number of benzene rings is 3. The standard InChI is InChI=1S/C48H63N5O10/c1-7-23-61-24-22-53(28-37-19-21-42(63-34(5)55)38(26-37)30-54)29-43(56)50-39(20-18-35-14-10-8-11-15-35)45(58)51-40(25-32(2)3)47(60)52-41(27-36-16-12-9-13-17-36)46(59)49-33(4)44(57)48(6)31-62-48/h8-17,19,21,26,30,32-33,39-41H,7,18,20,22-25,27-29,31H2,1-6H3,(H,49,59)(H,50,56)(H,51,58)(H,52,60)/t33-,39-,40-,41-,48+/m0/s1. The van der Waals surface area contributed by atoms with Crippen molar-refractivity contribution in [2.24, 2.45) is 5.92 Å². The zero-order valence-electron chi connectivity index (χ0n) is 37.3. The number of rotatable bonds is 27. The molecule has 15 nitrogen and oxygen atoms in total. The van der Waals surface area contributed by atoms with Gasteiger partial charge in [0.2, 0.25) is 23.6 Å². The SMILES string of the molecule is CCCOCCN(CC(=O)N[C@@H](CCc1ccccc1)C(=O)N[C@@H](CC(C)C)C(=O)N[C@@H](Cc1ccccc1)C(=O)N[C@@H](C)C(=O)[C@@]1(C)CO1)Cc1ccc(OC(C)=O)c(C=O)c1. The second kappa shape index (κ2) is 24.8. The van der Waals surface area contributed by atoms with Crippen LogP contribution >= 0.6 is 0 Å². The summed E-state index contributed by atoms with van der Waals surface area (Å²) in [5.41, 5.74) is 1.64. The number of carbonyl (C=O) groups excluding carboxylic acids is 7. The van der Waals surface area contributed by atoms with E-state index in [2.05, 4.69) is 21.3 Å². The molecule has 0 aliphatic carbocycles. The minimum absolute atomic E-state index is 0.0527. The summed E-state index contributed by atoms with van der Waals surface area (Å²) in [6.07, 6.45) is 2.41. The monoisotopic (exact) mass is 869 g/mol. The van der Waals surface area contributed by atoms with Crippen molar-refractivity contribution in [3.63, 3.8) is 0 Å². The Labute approximate surface area is 370 Å². The van der Waals surface area contributed by atoms with Crippen LogP contribution in [-0.4, -0.2) is 109 Å². The highest BCUT2D eigenvalue weighted by Gasteiger charge is 2.49. The Morgan fingerprint density at radius 1 is 0.794 bits per heavy atom. The summed E-state index contributed by atoms with van der Waals surface area (Å²) in [6, 6.07) is 19.4. The van der Waals surface area contributed by atoms with E-state index in [1.807, 2.05) is 86.3 Å². The average molecular weight is 870 g/mol. The van der Waals surface area contributed by atoms with Crippen LogP contribution in [0.3, 0.4) is 0 Å². The molecule has 15 heteroatoms. The van der Waals surface area contributed by atoms with Crippen LogP contribution in [0.15, 0.2) is 78.9 Å². The number of ether oxygens (including phenoxy) is 3. The fraction of sp³-hybridized carbons (Fsp3) is 0.479.